The summed E-state index contributed by atoms with van der Waals surface area (Å²) in [4.78, 5) is 15.1. The Kier molecular flexibility index (Phi) is 7.91. The molecule has 0 aliphatic rings. The van der Waals surface area contributed by atoms with Crippen LogP contribution in [0.5, 0.6) is 0 Å². The lowest BCUT2D eigenvalue weighted by Gasteiger charge is -2.19. The molecule has 0 saturated heterocycles. The molecule has 1 amide bonds. The van der Waals surface area contributed by atoms with Gasteiger partial charge in [0.25, 0.3) is 0 Å². The Hall–Kier alpha value is -1.49. The molecular weight excluding hydrogens is 268 g/mol. The van der Waals surface area contributed by atoms with Crippen molar-refractivity contribution in [1.29, 1.82) is 0 Å². The molecule has 0 radical (unpaired) electrons. The first-order chi connectivity index (χ1) is 8.78. The second-order valence-corrected chi connectivity index (χ2v) is 4.96. The maximum absolute atomic E-state index is 11.3. The molecule has 0 aliphatic heterocycles. The number of aliphatic imine (C=N–C) groups is 1. The van der Waals surface area contributed by atoms with Gasteiger partial charge in [0.2, 0.25) is 0 Å². The third-order valence-electron chi connectivity index (χ3n) is 1.72. The fourth-order valence-corrected chi connectivity index (χ4v) is 1.09. The molecule has 0 saturated carbocycles. The van der Waals surface area contributed by atoms with Crippen molar-refractivity contribution in [3.05, 3.63) is 24.5 Å². The van der Waals surface area contributed by atoms with Gasteiger partial charge < -0.3 is 14.8 Å². The van der Waals surface area contributed by atoms with Crippen molar-refractivity contribution >= 4 is 22.9 Å². The number of carbonyl (C=O) groups is 1. The second-order valence-electron chi connectivity index (χ2n) is 4.57. The van der Waals surface area contributed by atoms with Crippen LogP contribution in [0.3, 0.4) is 0 Å². The molecule has 0 atom stereocenters. The molecule has 0 heterocycles. The number of amides is 1. The van der Waals surface area contributed by atoms with Crippen LogP contribution in [0.4, 0.5) is 4.79 Å². The number of allylic oxidation sites excluding steroid dienone is 2. The highest BCUT2D eigenvalue weighted by molar-refractivity contribution is 6.68. The van der Waals surface area contributed by atoms with E-state index in [1.54, 1.807) is 33.9 Å². The van der Waals surface area contributed by atoms with E-state index in [1.807, 2.05) is 0 Å². The lowest BCUT2D eigenvalue weighted by Crippen LogP contribution is -2.34. The molecule has 5 nitrogen and oxygen atoms in total. The molecule has 0 aromatic rings. The van der Waals surface area contributed by atoms with Crippen LogP contribution in [0.15, 0.2) is 29.5 Å². The minimum atomic E-state index is -0.512. The first-order valence-corrected chi connectivity index (χ1v) is 6.22. The van der Waals surface area contributed by atoms with Gasteiger partial charge in [-0.1, -0.05) is 18.2 Å². The van der Waals surface area contributed by atoms with Gasteiger partial charge in [-0.05, 0) is 26.8 Å². The van der Waals surface area contributed by atoms with E-state index in [9.17, 15) is 4.79 Å². The second kappa shape index (κ2) is 8.58. The van der Waals surface area contributed by atoms with Gasteiger partial charge in [0.1, 0.15) is 23.1 Å². The van der Waals surface area contributed by atoms with Gasteiger partial charge >= 0.3 is 6.09 Å². The number of alkyl carbamates (subject to hydrolysis) is 1. The maximum Gasteiger partial charge on any atom is 0.407 e. The molecule has 19 heavy (non-hydrogen) atoms. The molecule has 108 valence electrons. The van der Waals surface area contributed by atoms with Gasteiger partial charge in [-0.2, -0.15) is 0 Å². The average Bonchev–Trinajstić information content (AvgIpc) is 2.30. The Labute approximate surface area is 119 Å². The summed E-state index contributed by atoms with van der Waals surface area (Å²) in [5, 5.41) is 2.89. The molecule has 6 heteroatoms. The summed E-state index contributed by atoms with van der Waals surface area (Å²) in [5.74, 6) is 0.488. The summed E-state index contributed by atoms with van der Waals surface area (Å²) in [6, 6.07) is 0. The predicted octanol–water partition coefficient (Wildman–Crippen LogP) is 2.86. The monoisotopic (exact) mass is 288 g/mol. The smallest absolute Gasteiger partial charge is 0.407 e. The topological polar surface area (TPSA) is 59.9 Å². The van der Waals surface area contributed by atoms with E-state index in [0.717, 1.165) is 0 Å². The highest BCUT2D eigenvalue weighted by Crippen LogP contribution is 2.06. The zero-order valence-corrected chi connectivity index (χ0v) is 12.6. The number of carbonyl (C=O) groups excluding carboxylic acids is 1. The van der Waals surface area contributed by atoms with Gasteiger partial charge in [0.15, 0.2) is 0 Å². The summed E-state index contributed by atoms with van der Waals surface area (Å²) in [5.41, 5.74) is -0.512. The number of nitrogens with zero attached hydrogens (tertiary/aromatic N) is 1. The van der Waals surface area contributed by atoms with Gasteiger partial charge in [0, 0.05) is 13.1 Å². The molecular formula is C13H21ClN2O3. The van der Waals surface area contributed by atoms with Gasteiger partial charge in [-0.15, -0.1) is 0 Å². The molecule has 0 aromatic carbocycles. The Morgan fingerprint density at radius 1 is 1.47 bits per heavy atom. The molecule has 0 unspecified atom stereocenters. The number of ether oxygens (including phenoxy) is 2. The fraction of sp³-hybridized carbons (Fsp3) is 0.538. The van der Waals surface area contributed by atoms with Gasteiger partial charge in [-0.3, -0.25) is 4.99 Å². The maximum atomic E-state index is 11.3. The average molecular weight is 289 g/mol. The molecule has 0 spiro atoms. The van der Waals surface area contributed by atoms with Gasteiger partial charge in [-0.25, -0.2) is 4.79 Å². The Bertz CT molecular complexity index is 371. The van der Waals surface area contributed by atoms with E-state index in [0.29, 0.717) is 17.5 Å². The summed E-state index contributed by atoms with van der Waals surface area (Å²) < 4.78 is 10.4. The standard InChI is InChI=1S/C13H21ClN2O3/c1-6-10(9-11(14)15-5)18-8-7-16-12(17)19-13(2,3)4/h6,9H,1,7-8H2,2-5H3,(H,16,17)/b10-9+,15-11?. The molecule has 0 aliphatic carbocycles. The summed E-state index contributed by atoms with van der Waals surface area (Å²) >= 11 is 5.73. The Morgan fingerprint density at radius 3 is 2.58 bits per heavy atom. The van der Waals surface area contributed by atoms with Crippen LogP contribution in [-0.2, 0) is 9.47 Å². The summed E-state index contributed by atoms with van der Waals surface area (Å²) in [6.07, 6.45) is 2.58. The van der Waals surface area contributed by atoms with Crippen molar-refractivity contribution in [2.45, 2.75) is 26.4 Å². The van der Waals surface area contributed by atoms with Crippen LogP contribution in [0.25, 0.3) is 0 Å². The van der Waals surface area contributed by atoms with Crippen molar-refractivity contribution < 1.29 is 14.3 Å². The lowest BCUT2D eigenvalue weighted by atomic mass is 10.2. The normalized spacial score (nSPS) is 12.9. The van der Waals surface area contributed by atoms with E-state index in [2.05, 4.69) is 16.9 Å². The Balaban J connectivity index is 4.00. The predicted molar refractivity (Wildman–Crippen MR) is 77.7 cm³/mol. The van der Waals surface area contributed by atoms with Crippen LogP contribution < -0.4 is 5.32 Å². The molecule has 0 bridgehead atoms. The molecule has 0 fully saturated rings. The minimum Gasteiger partial charge on any atom is -0.492 e. The number of halogens is 1. The first-order valence-electron chi connectivity index (χ1n) is 5.84. The first kappa shape index (κ1) is 17.5. The van der Waals surface area contributed by atoms with E-state index in [1.165, 1.54) is 6.08 Å². The number of rotatable bonds is 6. The third-order valence-corrected chi connectivity index (χ3v) is 1.99. The van der Waals surface area contributed by atoms with E-state index >= 15 is 0 Å². The van der Waals surface area contributed by atoms with Crippen molar-refractivity contribution in [2.75, 3.05) is 20.2 Å². The zero-order valence-electron chi connectivity index (χ0n) is 11.8. The summed E-state index contributed by atoms with van der Waals surface area (Å²) in [6.45, 7) is 9.59. The fourth-order valence-electron chi connectivity index (χ4n) is 0.978. The quantitative estimate of drug-likeness (QED) is 0.354. The summed E-state index contributed by atoms with van der Waals surface area (Å²) in [7, 11) is 1.57. The van der Waals surface area contributed by atoms with Crippen LogP contribution in [0.1, 0.15) is 20.8 Å². The number of nitrogens with one attached hydrogen (secondary N) is 1. The van der Waals surface area contributed by atoms with Crippen molar-refractivity contribution in [1.82, 2.24) is 5.32 Å². The number of hydrogen-bond donors (Lipinski definition) is 1. The highest BCUT2D eigenvalue weighted by atomic mass is 35.5. The van der Waals surface area contributed by atoms with Crippen LogP contribution >= 0.6 is 11.6 Å². The SMILES string of the molecule is C=C/C(=C\C(Cl)=NC)OCCNC(=O)OC(C)(C)C. The lowest BCUT2D eigenvalue weighted by molar-refractivity contribution is 0.0514. The van der Waals surface area contributed by atoms with E-state index in [4.69, 9.17) is 21.1 Å². The van der Waals surface area contributed by atoms with Crippen molar-refractivity contribution in [3.8, 4) is 0 Å². The van der Waals surface area contributed by atoms with Gasteiger partial charge in [0.05, 0.1) is 6.54 Å². The highest BCUT2D eigenvalue weighted by Gasteiger charge is 2.15. The van der Waals surface area contributed by atoms with Crippen LogP contribution in [0, 0.1) is 0 Å². The van der Waals surface area contributed by atoms with E-state index in [-0.39, 0.29) is 6.61 Å². The number of hydrogen-bond acceptors (Lipinski definition) is 4. The minimum absolute atomic E-state index is 0.283. The van der Waals surface area contributed by atoms with Crippen LogP contribution in [-0.4, -0.2) is 37.1 Å². The largest absolute Gasteiger partial charge is 0.492 e. The third kappa shape index (κ3) is 10.1. The molecule has 0 aromatic heterocycles. The van der Waals surface area contributed by atoms with Crippen molar-refractivity contribution in [3.63, 3.8) is 0 Å². The zero-order chi connectivity index (χ0) is 14.9. The van der Waals surface area contributed by atoms with Crippen LogP contribution in [0.2, 0.25) is 0 Å². The van der Waals surface area contributed by atoms with E-state index < -0.39 is 11.7 Å². The van der Waals surface area contributed by atoms with Crippen molar-refractivity contribution in [2.24, 2.45) is 4.99 Å². The Morgan fingerprint density at radius 2 is 2.11 bits per heavy atom. The molecule has 0 rings (SSSR count). The molecule has 1 N–H and O–H groups in total.